The molecule has 1 spiro atoms. The number of aliphatic hydroxyl groups excluding tert-OH is 1. The van der Waals surface area contributed by atoms with Gasteiger partial charge in [-0.15, -0.1) is 0 Å². The molecule has 4 rings (SSSR count). The summed E-state index contributed by atoms with van der Waals surface area (Å²) < 4.78 is 0. The van der Waals surface area contributed by atoms with Crippen LogP contribution in [0.5, 0.6) is 0 Å². The Bertz CT molecular complexity index is 656. The lowest BCUT2D eigenvalue weighted by atomic mass is 9.73. The summed E-state index contributed by atoms with van der Waals surface area (Å²) in [4.78, 5) is 29.3. The number of benzene rings is 1. The third-order valence-electron chi connectivity index (χ3n) is 6.17. The van der Waals surface area contributed by atoms with Crippen LogP contribution in [0.3, 0.4) is 0 Å². The van der Waals surface area contributed by atoms with Crippen molar-refractivity contribution in [2.45, 2.75) is 31.3 Å². The van der Waals surface area contributed by atoms with Crippen molar-refractivity contribution in [3.63, 3.8) is 0 Å². The van der Waals surface area contributed by atoms with Crippen LogP contribution in [0.15, 0.2) is 30.3 Å². The van der Waals surface area contributed by atoms with Gasteiger partial charge in [0.15, 0.2) is 0 Å². The van der Waals surface area contributed by atoms with Gasteiger partial charge in [-0.05, 0) is 24.8 Å². The normalized spacial score (nSPS) is 35.6. The van der Waals surface area contributed by atoms with Crippen LogP contribution >= 0.6 is 0 Å². The summed E-state index contributed by atoms with van der Waals surface area (Å²) in [7, 11) is 1.86. The average Bonchev–Trinajstić information content (AvgIpc) is 3.11. The standard InChI is InChI=1S/C19H24N2O3/c1-20-11-16(13-5-3-2-4-6-13)19(18(20)24)7-8-21(12-19)17(23)14-9-15(22)10-14/h2-6,14-16,22H,7-12H2,1H3. The first kappa shape index (κ1) is 15.6. The lowest BCUT2D eigenvalue weighted by Crippen LogP contribution is -2.45. The number of amides is 2. The van der Waals surface area contributed by atoms with Gasteiger partial charge < -0.3 is 14.9 Å². The van der Waals surface area contributed by atoms with Crippen LogP contribution < -0.4 is 0 Å². The van der Waals surface area contributed by atoms with Gasteiger partial charge in [0.05, 0.1) is 11.5 Å². The summed E-state index contributed by atoms with van der Waals surface area (Å²) in [5, 5.41) is 9.45. The van der Waals surface area contributed by atoms with E-state index in [0.717, 1.165) is 6.42 Å². The number of likely N-dealkylation sites (N-methyl/N-ethyl adjacent to an activating group) is 1. The molecule has 3 aliphatic rings. The van der Waals surface area contributed by atoms with Gasteiger partial charge in [-0.3, -0.25) is 9.59 Å². The quantitative estimate of drug-likeness (QED) is 0.888. The van der Waals surface area contributed by atoms with Crippen molar-refractivity contribution in [3.8, 4) is 0 Å². The summed E-state index contributed by atoms with van der Waals surface area (Å²) in [6.07, 6.45) is 1.54. The van der Waals surface area contributed by atoms with E-state index in [-0.39, 0.29) is 29.8 Å². The van der Waals surface area contributed by atoms with Gasteiger partial charge in [0.1, 0.15) is 0 Å². The number of carbonyl (C=O) groups excluding carboxylic acids is 2. The molecule has 1 N–H and O–H groups in total. The fourth-order valence-electron chi connectivity index (χ4n) is 4.70. The highest BCUT2D eigenvalue weighted by molar-refractivity contribution is 5.89. The Balaban J connectivity index is 1.58. The third-order valence-corrected chi connectivity index (χ3v) is 6.17. The van der Waals surface area contributed by atoms with Gasteiger partial charge in [0, 0.05) is 38.5 Å². The van der Waals surface area contributed by atoms with Crippen molar-refractivity contribution in [1.29, 1.82) is 0 Å². The maximum Gasteiger partial charge on any atom is 0.231 e. The number of aliphatic hydroxyl groups is 1. The summed E-state index contributed by atoms with van der Waals surface area (Å²) in [6, 6.07) is 10.2. The Hall–Kier alpha value is -1.88. The van der Waals surface area contributed by atoms with E-state index in [1.165, 1.54) is 5.56 Å². The maximum atomic E-state index is 12.9. The smallest absolute Gasteiger partial charge is 0.231 e. The van der Waals surface area contributed by atoms with E-state index in [9.17, 15) is 14.7 Å². The average molecular weight is 328 g/mol. The molecule has 0 bridgehead atoms. The highest BCUT2D eigenvalue weighted by atomic mass is 16.3. The molecule has 2 saturated heterocycles. The van der Waals surface area contributed by atoms with E-state index in [2.05, 4.69) is 12.1 Å². The Labute approximate surface area is 142 Å². The molecule has 2 atom stereocenters. The highest BCUT2D eigenvalue weighted by Crippen LogP contribution is 2.50. The first-order valence-electron chi connectivity index (χ1n) is 8.78. The minimum atomic E-state index is -0.478. The van der Waals surface area contributed by atoms with Crippen LogP contribution in [0.1, 0.15) is 30.7 Å². The van der Waals surface area contributed by atoms with Gasteiger partial charge >= 0.3 is 0 Å². The van der Waals surface area contributed by atoms with Crippen LogP contribution in [-0.2, 0) is 9.59 Å². The van der Waals surface area contributed by atoms with E-state index in [1.54, 1.807) is 0 Å². The maximum absolute atomic E-state index is 12.9. The predicted octanol–water partition coefficient (Wildman–Crippen LogP) is 1.23. The molecule has 128 valence electrons. The molecule has 5 nitrogen and oxygen atoms in total. The molecule has 2 amide bonds. The zero-order valence-corrected chi connectivity index (χ0v) is 14.0. The predicted molar refractivity (Wildman–Crippen MR) is 89.2 cm³/mol. The van der Waals surface area contributed by atoms with Crippen molar-refractivity contribution in [3.05, 3.63) is 35.9 Å². The summed E-state index contributed by atoms with van der Waals surface area (Å²) >= 11 is 0. The van der Waals surface area contributed by atoms with Crippen LogP contribution in [0.25, 0.3) is 0 Å². The molecule has 1 aliphatic carbocycles. The molecule has 3 fully saturated rings. The minimum Gasteiger partial charge on any atom is -0.393 e. The fourth-order valence-corrected chi connectivity index (χ4v) is 4.70. The second kappa shape index (κ2) is 5.59. The molecule has 1 saturated carbocycles. The number of likely N-dealkylation sites (tertiary alicyclic amines) is 2. The topological polar surface area (TPSA) is 60.9 Å². The first-order chi connectivity index (χ1) is 11.5. The summed E-state index contributed by atoms with van der Waals surface area (Å²) in [5.74, 6) is 0.368. The number of hydrogen-bond donors (Lipinski definition) is 1. The molecule has 2 unspecified atom stereocenters. The Morgan fingerprint density at radius 2 is 1.96 bits per heavy atom. The molecule has 5 heteroatoms. The molecule has 24 heavy (non-hydrogen) atoms. The minimum absolute atomic E-state index is 0.0560. The lowest BCUT2D eigenvalue weighted by Gasteiger charge is -2.34. The third kappa shape index (κ3) is 2.25. The second-order valence-electron chi connectivity index (χ2n) is 7.64. The largest absolute Gasteiger partial charge is 0.393 e. The monoisotopic (exact) mass is 328 g/mol. The van der Waals surface area contributed by atoms with Gasteiger partial charge in [-0.2, -0.15) is 0 Å². The molecule has 1 aromatic rings. The Morgan fingerprint density at radius 1 is 1.25 bits per heavy atom. The fraction of sp³-hybridized carbons (Fsp3) is 0.579. The number of hydrogen-bond acceptors (Lipinski definition) is 3. The van der Waals surface area contributed by atoms with Crippen molar-refractivity contribution < 1.29 is 14.7 Å². The SMILES string of the molecule is CN1CC(c2ccccc2)C2(CCN(C(=O)C3CC(O)C3)C2)C1=O. The molecule has 1 aromatic carbocycles. The van der Waals surface area contributed by atoms with Gasteiger partial charge in [0.25, 0.3) is 0 Å². The molecular formula is C19H24N2O3. The van der Waals surface area contributed by atoms with Crippen LogP contribution in [0.4, 0.5) is 0 Å². The Kier molecular flexibility index (Phi) is 3.64. The summed E-state index contributed by atoms with van der Waals surface area (Å²) in [5.41, 5.74) is 0.706. The molecule has 2 heterocycles. The molecule has 0 radical (unpaired) electrons. The highest BCUT2D eigenvalue weighted by Gasteiger charge is 2.57. The zero-order chi connectivity index (χ0) is 16.9. The van der Waals surface area contributed by atoms with E-state index < -0.39 is 5.41 Å². The van der Waals surface area contributed by atoms with Gasteiger partial charge in [-0.1, -0.05) is 30.3 Å². The first-order valence-corrected chi connectivity index (χ1v) is 8.78. The van der Waals surface area contributed by atoms with Crippen LogP contribution in [-0.4, -0.2) is 59.5 Å². The van der Waals surface area contributed by atoms with E-state index in [4.69, 9.17) is 0 Å². The van der Waals surface area contributed by atoms with E-state index in [0.29, 0.717) is 32.5 Å². The van der Waals surface area contributed by atoms with Crippen LogP contribution in [0.2, 0.25) is 0 Å². The number of carbonyl (C=O) groups is 2. The molecular weight excluding hydrogens is 304 g/mol. The lowest BCUT2D eigenvalue weighted by molar-refractivity contribution is -0.142. The number of rotatable bonds is 2. The van der Waals surface area contributed by atoms with Gasteiger partial charge in [0.2, 0.25) is 11.8 Å². The van der Waals surface area contributed by atoms with E-state index >= 15 is 0 Å². The van der Waals surface area contributed by atoms with E-state index in [1.807, 2.05) is 35.0 Å². The molecule has 2 aliphatic heterocycles. The van der Waals surface area contributed by atoms with Crippen molar-refractivity contribution >= 4 is 11.8 Å². The number of nitrogens with zero attached hydrogens (tertiary/aromatic N) is 2. The summed E-state index contributed by atoms with van der Waals surface area (Å²) in [6.45, 7) is 1.88. The van der Waals surface area contributed by atoms with Crippen molar-refractivity contribution in [2.24, 2.45) is 11.3 Å². The Morgan fingerprint density at radius 3 is 2.62 bits per heavy atom. The molecule has 0 aromatic heterocycles. The van der Waals surface area contributed by atoms with Crippen LogP contribution in [0, 0.1) is 11.3 Å². The zero-order valence-electron chi connectivity index (χ0n) is 14.0. The van der Waals surface area contributed by atoms with Crippen molar-refractivity contribution in [1.82, 2.24) is 9.80 Å². The second-order valence-corrected chi connectivity index (χ2v) is 7.64. The van der Waals surface area contributed by atoms with Crippen molar-refractivity contribution in [2.75, 3.05) is 26.7 Å². The van der Waals surface area contributed by atoms with Gasteiger partial charge in [-0.25, -0.2) is 0 Å².